The van der Waals surface area contributed by atoms with Crippen molar-refractivity contribution in [3.63, 3.8) is 0 Å². The Bertz CT molecular complexity index is 237. The molecule has 1 heterocycles. The van der Waals surface area contributed by atoms with Crippen molar-refractivity contribution in [2.75, 3.05) is 0 Å². The van der Waals surface area contributed by atoms with Gasteiger partial charge in [0.1, 0.15) is 6.10 Å². The smallest absolute Gasteiger partial charge is 0.338 e. The summed E-state index contributed by atoms with van der Waals surface area (Å²) in [6, 6.07) is 0. The van der Waals surface area contributed by atoms with E-state index in [0.717, 1.165) is 12.8 Å². The minimum atomic E-state index is -1.08. The third-order valence-corrected chi connectivity index (χ3v) is 3.43. The number of esters is 1. The van der Waals surface area contributed by atoms with Crippen LogP contribution in [0.2, 0.25) is 0 Å². The van der Waals surface area contributed by atoms with E-state index >= 15 is 0 Å². The number of fused-ring (bicyclic) bond motifs is 1. The van der Waals surface area contributed by atoms with Crippen molar-refractivity contribution in [1.82, 2.24) is 0 Å². The number of carbonyl (C=O) groups is 1. The number of aliphatic hydroxyl groups is 1. The van der Waals surface area contributed by atoms with Crippen LogP contribution in [0.4, 0.5) is 0 Å². The molecule has 3 rings (SSSR count). The fraction of sp³-hybridized carbons (Fsp3) is 0.875. The average Bonchev–Trinajstić information content (AvgIpc) is 2.45. The monoisotopic (exact) mass is 154 g/mol. The molecule has 3 fully saturated rings. The van der Waals surface area contributed by atoms with Gasteiger partial charge in [0.25, 0.3) is 0 Å². The van der Waals surface area contributed by atoms with E-state index in [2.05, 4.69) is 0 Å². The van der Waals surface area contributed by atoms with E-state index in [1.165, 1.54) is 0 Å². The maximum absolute atomic E-state index is 11.1. The summed E-state index contributed by atoms with van der Waals surface area (Å²) in [4.78, 5) is 11.1. The van der Waals surface area contributed by atoms with Gasteiger partial charge in [-0.2, -0.15) is 0 Å². The Morgan fingerprint density at radius 3 is 2.91 bits per heavy atom. The molecule has 0 aromatic rings. The van der Waals surface area contributed by atoms with E-state index in [9.17, 15) is 9.90 Å². The van der Waals surface area contributed by atoms with Crippen molar-refractivity contribution >= 4 is 5.97 Å². The van der Waals surface area contributed by atoms with E-state index in [-0.39, 0.29) is 18.0 Å². The normalized spacial score (nSPS) is 58.6. The topological polar surface area (TPSA) is 46.5 Å². The van der Waals surface area contributed by atoms with Gasteiger partial charge in [0, 0.05) is 5.92 Å². The molecule has 0 aromatic heterocycles. The first-order valence-electron chi connectivity index (χ1n) is 4.13. The molecule has 0 spiro atoms. The summed E-state index contributed by atoms with van der Waals surface area (Å²) in [5, 5.41) is 9.83. The molecule has 2 saturated carbocycles. The molecule has 4 unspecified atom stereocenters. The SMILES string of the molecule is O=C1OC2CC3CC2C1(O)C3. The molecule has 0 aromatic carbocycles. The molecule has 3 nitrogen and oxygen atoms in total. The zero-order valence-corrected chi connectivity index (χ0v) is 6.12. The van der Waals surface area contributed by atoms with Gasteiger partial charge in [-0.1, -0.05) is 0 Å². The van der Waals surface area contributed by atoms with Crippen LogP contribution in [0.25, 0.3) is 0 Å². The molecule has 2 aliphatic carbocycles. The highest BCUT2D eigenvalue weighted by molar-refractivity contribution is 5.83. The van der Waals surface area contributed by atoms with Crippen molar-refractivity contribution in [3.8, 4) is 0 Å². The van der Waals surface area contributed by atoms with Crippen molar-refractivity contribution < 1.29 is 14.6 Å². The maximum Gasteiger partial charge on any atom is 0.338 e. The zero-order valence-electron chi connectivity index (χ0n) is 6.12. The molecular weight excluding hydrogens is 144 g/mol. The number of hydrogen-bond donors (Lipinski definition) is 1. The summed E-state index contributed by atoms with van der Waals surface area (Å²) >= 11 is 0. The van der Waals surface area contributed by atoms with Crippen LogP contribution in [-0.2, 0) is 9.53 Å². The van der Waals surface area contributed by atoms with Crippen LogP contribution in [0.15, 0.2) is 0 Å². The van der Waals surface area contributed by atoms with E-state index in [1.807, 2.05) is 0 Å². The Balaban J connectivity index is 2.11. The van der Waals surface area contributed by atoms with Gasteiger partial charge >= 0.3 is 5.97 Å². The Labute approximate surface area is 64.3 Å². The van der Waals surface area contributed by atoms with Gasteiger partial charge in [-0.15, -0.1) is 0 Å². The molecule has 1 aliphatic heterocycles. The second-order valence-electron chi connectivity index (χ2n) is 4.02. The zero-order chi connectivity index (χ0) is 7.64. The van der Waals surface area contributed by atoms with Crippen LogP contribution in [0.5, 0.6) is 0 Å². The molecule has 60 valence electrons. The van der Waals surface area contributed by atoms with Gasteiger partial charge in [0.2, 0.25) is 0 Å². The van der Waals surface area contributed by atoms with E-state index in [1.54, 1.807) is 0 Å². The minimum Gasteiger partial charge on any atom is -0.460 e. The summed E-state index contributed by atoms with van der Waals surface area (Å²) in [6.07, 6.45) is 2.67. The van der Waals surface area contributed by atoms with Gasteiger partial charge in [-0.3, -0.25) is 0 Å². The lowest BCUT2D eigenvalue weighted by molar-refractivity contribution is -0.154. The predicted octanol–water partition coefficient (Wildman–Crippen LogP) is 0.0728. The first-order valence-corrected chi connectivity index (χ1v) is 4.13. The highest BCUT2D eigenvalue weighted by atomic mass is 16.6. The molecule has 11 heavy (non-hydrogen) atoms. The third kappa shape index (κ3) is 0.495. The second kappa shape index (κ2) is 1.46. The molecule has 2 bridgehead atoms. The highest BCUT2D eigenvalue weighted by Crippen LogP contribution is 2.56. The van der Waals surface area contributed by atoms with Crippen molar-refractivity contribution in [3.05, 3.63) is 0 Å². The molecule has 0 radical (unpaired) electrons. The Kier molecular flexibility index (Phi) is 0.796. The third-order valence-electron chi connectivity index (χ3n) is 3.43. The molecule has 1 N–H and O–H groups in total. The number of hydrogen-bond acceptors (Lipinski definition) is 3. The maximum atomic E-state index is 11.1. The summed E-state index contributed by atoms with van der Waals surface area (Å²) in [5.74, 6) is 0.300. The lowest BCUT2D eigenvalue weighted by Gasteiger charge is -2.20. The van der Waals surface area contributed by atoms with Gasteiger partial charge in [0.05, 0.1) is 0 Å². The fourth-order valence-electron chi connectivity index (χ4n) is 2.97. The minimum absolute atomic E-state index is 0.0475. The van der Waals surface area contributed by atoms with Crippen LogP contribution >= 0.6 is 0 Å². The van der Waals surface area contributed by atoms with Gasteiger partial charge < -0.3 is 9.84 Å². The second-order valence-corrected chi connectivity index (χ2v) is 4.02. The quantitative estimate of drug-likeness (QED) is 0.502. The first-order chi connectivity index (χ1) is 5.20. The number of ether oxygens (including phenoxy) is 1. The Morgan fingerprint density at radius 2 is 2.36 bits per heavy atom. The van der Waals surface area contributed by atoms with Crippen LogP contribution in [0, 0.1) is 11.8 Å². The molecule has 0 amide bonds. The summed E-state index contributed by atoms with van der Waals surface area (Å²) in [7, 11) is 0. The number of rotatable bonds is 0. The Morgan fingerprint density at radius 1 is 1.55 bits per heavy atom. The summed E-state index contributed by atoms with van der Waals surface area (Å²) < 4.78 is 5.05. The predicted molar refractivity (Wildman–Crippen MR) is 35.7 cm³/mol. The van der Waals surface area contributed by atoms with E-state index in [4.69, 9.17) is 4.74 Å². The van der Waals surface area contributed by atoms with Gasteiger partial charge in [0.15, 0.2) is 5.60 Å². The first kappa shape index (κ1) is 6.00. The highest BCUT2D eigenvalue weighted by Gasteiger charge is 2.66. The van der Waals surface area contributed by atoms with Gasteiger partial charge in [-0.25, -0.2) is 4.79 Å². The van der Waals surface area contributed by atoms with E-state index < -0.39 is 5.60 Å². The average molecular weight is 154 g/mol. The van der Waals surface area contributed by atoms with Gasteiger partial charge in [-0.05, 0) is 25.2 Å². The molecule has 4 atom stereocenters. The molecule has 3 aliphatic rings. The number of carbonyl (C=O) groups excluding carboxylic acids is 1. The standard InChI is InChI=1S/C8H10O3/c9-7-8(10)3-4-1-5(8)6(2-4)11-7/h4-6,10H,1-3H2. The largest absolute Gasteiger partial charge is 0.460 e. The van der Waals surface area contributed by atoms with Crippen LogP contribution in [0.3, 0.4) is 0 Å². The molecular formula is C8H10O3. The molecule has 1 saturated heterocycles. The van der Waals surface area contributed by atoms with Crippen LogP contribution < -0.4 is 0 Å². The van der Waals surface area contributed by atoms with Crippen LogP contribution in [-0.4, -0.2) is 22.8 Å². The van der Waals surface area contributed by atoms with Crippen molar-refractivity contribution in [2.24, 2.45) is 11.8 Å². The van der Waals surface area contributed by atoms with Crippen molar-refractivity contribution in [2.45, 2.75) is 31.0 Å². The molecule has 3 heteroatoms. The summed E-state index contributed by atoms with van der Waals surface area (Å²) in [6.45, 7) is 0. The fourth-order valence-corrected chi connectivity index (χ4v) is 2.97. The van der Waals surface area contributed by atoms with Crippen LogP contribution in [0.1, 0.15) is 19.3 Å². The Hall–Kier alpha value is -0.570. The lowest BCUT2D eigenvalue weighted by Crippen LogP contribution is -2.38. The lowest BCUT2D eigenvalue weighted by atomic mass is 9.85. The van der Waals surface area contributed by atoms with E-state index in [0.29, 0.717) is 12.3 Å². The van der Waals surface area contributed by atoms with Crippen molar-refractivity contribution in [1.29, 1.82) is 0 Å². The summed E-state index contributed by atoms with van der Waals surface area (Å²) in [5.41, 5.74) is -1.08.